The Hall–Kier alpha value is -0.680. The maximum absolute atomic E-state index is 3.59. The second-order valence-electron chi connectivity index (χ2n) is 4.32. The monoisotopic (exact) mass is 351 g/mol. The van der Waals surface area contributed by atoms with E-state index in [1.54, 1.807) is 11.3 Å². The highest BCUT2D eigenvalue weighted by Gasteiger charge is 2.17. The first-order chi connectivity index (χ1) is 9.28. The number of hydrogen-bond donors (Lipinski definition) is 1. The minimum absolute atomic E-state index is 0.304. The van der Waals surface area contributed by atoms with Gasteiger partial charge in [-0.25, -0.2) is 0 Å². The number of benzene rings is 1. The maximum atomic E-state index is 3.59. The van der Waals surface area contributed by atoms with Gasteiger partial charge in [-0.2, -0.15) is 0 Å². The van der Waals surface area contributed by atoms with E-state index < -0.39 is 0 Å². The third kappa shape index (κ3) is 2.77. The summed E-state index contributed by atoms with van der Waals surface area (Å²) >= 11 is 7.23. The van der Waals surface area contributed by atoms with Gasteiger partial charge >= 0.3 is 0 Å². The van der Waals surface area contributed by atoms with Gasteiger partial charge in [-0.15, -0.1) is 22.7 Å². The van der Waals surface area contributed by atoms with Crippen molar-refractivity contribution >= 4 is 48.7 Å². The van der Waals surface area contributed by atoms with E-state index in [4.69, 9.17) is 0 Å². The predicted molar refractivity (Wildman–Crippen MR) is 89.4 cm³/mol. The van der Waals surface area contributed by atoms with Gasteiger partial charge in [-0.1, -0.05) is 25.1 Å². The summed E-state index contributed by atoms with van der Waals surface area (Å²) in [6, 6.07) is 15.5. The Morgan fingerprint density at radius 2 is 1.95 bits per heavy atom. The van der Waals surface area contributed by atoms with E-state index in [0.717, 1.165) is 6.54 Å². The van der Waals surface area contributed by atoms with Crippen LogP contribution in [0.5, 0.6) is 0 Å². The molecule has 2 heterocycles. The van der Waals surface area contributed by atoms with Crippen molar-refractivity contribution in [1.82, 2.24) is 5.32 Å². The van der Waals surface area contributed by atoms with Crippen LogP contribution in [0.15, 0.2) is 46.3 Å². The van der Waals surface area contributed by atoms with Crippen molar-refractivity contribution < 1.29 is 0 Å². The largest absolute Gasteiger partial charge is 0.305 e. The molecular weight excluding hydrogens is 338 g/mol. The first-order valence-electron chi connectivity index (χ1n) is 6.25. The van der Waals surface area contributed by atoms with Crippen LogP contribution in [0.25, 0.3) is 10.1 Å². The van der Waals surface area contributed by atoms with Crippen LogP contribution in [0.3, 0.4) is 0 Å². The molecule has 19 heavy (non-hydrogen) atoms. The minimum Gasteiger partial charge on any atom is -0.305 e. The lowest BCUT2D eigenvalue weighted by Gasteiger charge is -2.14. The van der Waals surface area contributed by atoms with Crippen LogP contribution >= 0.6 is 38.6 Å². The van der Waals surface area contributed by atoms with Crippen LogP contribution in [0.1, 0.15) is 22.7 Å². The second-order valence-corrected chi connectivity index (χ2v) is 7.93. The molecule has 98 valence electrons. The van der Waals surface area contributed by atoms with Crippen LogP contribution in [-0.2, 0) is 0 Å². The Morgan fingerprint density at radius 3 is 2.63 bits per heavy atom. The third-order valence-corrected chi connectivity index (χ3v) is 5.89. The summed E-state index contributed by atoms with van der Waals surface area (Å²) in [7, 11) is 0. The van der Waals surface area contributed by atoms with Crippen molar-refractivity contribution in [2.75, 3.05) is 6.54 Å². The summed E-state index contributed by atoms with van der Waals surface area (Å²) in [5, 5.41) is 4.92. The minimum atomic E-state index is 0.304. The average Bonchev–Trinajstić information content (AvgIpc) is 3.01. The molecule has 0 saturated carbocycles. The van der Waals surface area contributed by atoms with Crippen molar-refractivity contribution in [3.8, 4) is 0 Å². The highest BCUT2D eigenvalue weighted by Crippen LogP contribution is 2.36. The molecule has 0 spiro atoms. The fourth-order valence-corrected chi connectivity index (χ4v) is 4.93. The van der Waals surface area contributed by atoms with Gasteiger partial charge in [0.15, 0.2) is 0 Å². The summed E-state index contributed by atoms with van der Waals surface area (Å²) in [4.78, 5) is 2.75. The predicted octanol–water partition coefficient (Wildman–Crippen LogP) is 5.42. The van der Waals surface area contributed by atoms with Crippen LogP contribution in [0.2, 0.25) is 0 Å². The van der Waals surface area contributed by atoms with Gasteiger partial charge < -0.3 is 5.32 Å². The first-order valence-corrected chi connectivity index (χ1v) is 8.67. The first kappa shape index (κ1) is 13.3. The molecule has 1 aromatic carbocycles. The molecule has 0 amide bonds. The van der Waals surface area contributed by atoms with Gasteiger partial charge in [0.1, 0.15) is 0 Å². The lowest BCUT2D eigenvalue weighted by atomic mass is 10.1. The van der Waals surface area contributed by atoms with Gasteiger partial charge in [-0.3, -0.25) is 0 Å². The van der Waals surface area contributed by atoms with E-state index in [1.807, 2.05) is 11.3 Å². The molecular formula is C15H14BrNS2. The summed E-state index contributed by atoms with van der Waals surface area (Å²) in [6.07, 6.45) is 0. The van der Waals surface area contributed by atoms with Crippen molar-refractivity contribution in [2.24, 2.45) is 0 Å². The summed E-state index contributed by atoms with van der Waals surface area (Å²) in [6.45, 7) is 3.12. The van der Waals surface area contributed by atoms with Crippen LogP contribution in [0.4, 0.5) is 0 Å². The normalized spacial score (nSPS) is 12.9. The molecule has 1 atom stereocenters. The van der Waals surface area contributed by atoms with E-state index in [0.29, 0.717) is 6.04 Å². The second kappa shape index (κ2) is 5.75. The average molecular weight is 352 g/mol. The smallest absolute Gasteiger partial charge is 0.0765 e. The Kier molecular flexibility index (Phi) is 4.03. The number of hydrogen-bond acceptors (Lipinski definition) is 3. The lowest BCUT2D eigenvalue weighted by Crippen LogP contribution is -2.19. The van der Waals surface area contributed by atoms with Crippen LogP contribution < -0.4 is 5.32 Å². The van der Waals surface area contributed by atoms with Crippen molar-refractivity contribution in [2.45, 2.75) is 13.0 Å². The van der Waals surface area contributed by atoms with Gasteiger partial charge in [0.25, 0.3) is 0 Å². The number of fused-ring (bicyclic) bond motifs is 1. The summed E-state index contributed by atoms with van der Waals surface area (Å²) in [5.41, 5.74) is 0. The number of nitrogens with one attached hydrogen (secondary N) is 1. The maximum Gasteiger partial charge on any atom is 0.0765 e. The highest BCUT2D eigenvalue weighted by atomic mass is 79.9. The molecule has 0 aliphatic carbocycles. The quantitative estimate of drug-likeness (QED) is 0.661. The van der Waals surface area contributed by atoms with Crippen LogP contribution in [-0.4, -0.2) is 6.54 Å². The van der Waals surface area contributed by atoms with Gasteiger partial charge in [-0.05, 0) is 52.1 Å². The Balaban J connectivity index is 2.03. The van der Waals surface area contributed by atoms with Crippen molar-refractivity contribution in [3.63, 3.8) is 0 Å². The fourth-order valence-electron chi connectivity index (χ4n) is 2.17. The van der Waals surface area contributed by atoms with Crippen molar-refractivity contribution in [3.05, 3.63) is 56.0 Å². The lowest BCUT2D eigenvalue weighted by molar-refractivity contribution is 0.649. The van der Waals surface area contributed by atoms with E-state index in [-0.39, 0.29) is 0 Å². The zero-order valence-electron chi connectivity index (χ0n) is 10.5. The number of thiophene rings is 2. The molecule has 0 aliphatic heterocycles. The van der Waals surface area contributed by atoms with Gasteiger partial charge in [0, 0.05) is 14.5 Å². The zero-order valence-corrected chi connectivity index (χ0v) is 13.7. The van der Waals surface area contributed by atoms with E-state index in [1.165, 1.54) is 23.6 Å². The van der Waals surface area contributed by atoms with Crippen molar-refractivity contribution in [1.29, 1.82) is 0 Å². The Labute approximate surface area is 129 Å². The van der Waals surface area contributed by atoms with Crippen LogP contribution in [0, 0.1) is 0 Å². The van der Waals surface area contributed by atoms with E-state index in [9.17, 15) is 0 Å². The zero-order chi connectivity index (χ0) is 13.2. The molecule has 0 bridgehead atoms. The molecule has 3 aromatic rings. The number of rotatable bonds is 4. The topological polar surface area (TPSA) is 12.0 Å². The Bertz CT molecular complexity index is 653. The Morgan fingerprint density at radius 1 is 1.11 bits per heavy atom. The van der Waals surface area contributed by atoms with Gasteiger partial charge in [0.2, 0.25) is 0 Å². The molecule has 0 fully saturated rings. The summed E-state index contributed by atoms with van der Waals surface area (Å²) < 4.78 is 2.54. The fraction of sp³-hybridized carbons (Fsp3) is 0.200. The SMILES string of the molecule is CCNC(c1ccc(Br)s1)c1cc2ccccc2s1. The molecule has 3 rings (SSSR count). The third-order valence-electron chi connectivity index (χ3n) is 3.02. The van der Waals surface area contributed by atoms with E-state index in [2.05, 4.69) is 70.6 Å². The molecule has 0 aliphatic rings. The molecule has 1 nitrogen and oxygen atoms in total. The summed E-state index contributed by atoms with van der Waals surface area (Å²) in [5.74, 6) is 0. The molecule has 4 heteroatoms. The highest BCUT2D eigenvalue weighted by molar-refractivity contribution is 9.11. The van der Waals surface area contributed by atoms with E-state index >= 15 is 0 Å². The molecule has 0 radical (unpaired) electrons. The molecule has 1 unspecified atom stereocenters. The molecule has 1 N–H and O–H groups in total. The number of halogens is 1. The standard InChI is InChI=1S/C15H14BrNS2/c1-2-17-15(12-7-8-14(16)19-12)13-9-10-5-3-4-6-11(10)18-13/h3-9,15,17H,2H2,1H3. The molecule has 2 aromatic heterocycles. The van der Waals surface area contributed by atoms with Gasteiger partial charge in [0.05, 0.1) is 9.83 Å². The molecule has 0 saturated heterocycles.